The molecule has 3 aliphatic heterocycles. The molecule has 5 rings (SSSR count). The van der Waals surface area contributed by atoms with E-state index < -0.39 is 75.4 Å². The lowest BCUT2D eigenvalue weighted by atomic mass is 10.0. The molecule has 274 valence electrons. The highest BCUT2D eigenvalue weighted by molar-refractivity contribution is 7.87. The van der Waals surface area contributed by atoms with Crippen LogP contribution in [0.15, 0.2) is 36.4 Å². The van der Waals surface area contributed by atoms with Crippen LogP contribution in [0.3, 0.4) is 0 Å². The number of carbonyl (C=O) groups is 5. The highest BCUT2D eigenvalue weighted by Gasteiger charge is 2.62. The van der Waals surface area contributed by atoms with Crippen LogP contribution in [0.4, 0.5) is 9.59 Å². The number of ether oxygens (including phenoxy) is 2. The fraction of sp³-hybridized carbons (Fsp3) is 0.618. The lowest BCUT2D eigenvalue weighted by Crippen LogP contribution is -2.58. The van der Waals surface area contributed by atoms with Crippen molar-refractivity contribution in [1.82, 2.24) is 29.5 Å². The second-order valence-electron chi connectivity index (χ2n) is 14.6. The van der Waals surface area contributed by atoms with Crippen LogP contribution in [0.2, 0.25) is 0 Å². The van der Waals surface area contributed by atoms with Crippen LogP contribution < -0.4 is 15.4 Å². The van der Waals surface area contributed by atoms with Gasteiger partial charge in [0.15, 0.2) is 0 Å². The monoisotopic (exact) mass is 716 g/mol. The SMILES string of the molecule is CN(C)S(=O)(=O)NC(=O)[C@@]12C[C@H]1/C=C\CCCCC[C@H](NC(=O)OC(C)(C)C)C(=O)N1C[C@H](OC(=O)N3Cc4ccccc4C3)C[C@H]1C(=O)N2. The highest BCUT2D eigenvalue weighted by Crippen LogP contribution is 2.45. The fourth-order valence-corrected chi connectivity index (χ4v) is 7.19. The molecule has 1 aliphatic carbocycles. The van der Waals surface area contributed by atoms with Crippen molar-refractivity contribution in [3.05, 3.63) is 47.5 Å². The number of hydrogen-bond donors (Lipinski definition) is 3. The maximum absolute atomic E-state index is 14.3. The molecule has 50 heavy (non-hydrogen) atoms. The van der Waals surface area contributed by atoms with E-state index in [1.54, 1.807) is 25.7 Å². The third kappa shape index (κ3) is 8.57. The fourth-order valence-electron chi connectivity index (χ4n) is 6.59. The highest BCUT2D eigenvalue weighted by atomic mass is 32.2. The van der Waals surface area contributed by atoms with Gasteiger partial charge >= 0.3 is 22.4 Å². The predicted molar refractivity (Wildman–Crippen MR) is 181 cm³/mol. The van der Waals surface area contributed by atoms with Crippen molar-refractivity contribution in [3.63, 3.8) is 0 Å². The number of carbonyl (C=O) groups excluding carboxylic acids is 5. The number of benzene rings is 1. The summed E-state index contributed by atoms with van der Waals surface area (Å²) in [6.45, 7) is 5.71. The molecule has 2 fully saturated rings. The molecule has 0 bridgehead atoms. The van der Waals surface area contributed by atoms with Gasteiger partial charge < -0.3 is 25.0 Å². The van der Waals surface area contributed by atoms with E-state index in [9.17, 15) is 32.4 Å². The molecule has 0 radical (unpaired) electrons. The average Bonchev–Trinajstić information content (AvgIpc) is 3.33. The Labute approximate surface area is 293 Å². The van der Waals surface area contributed by atoms with Gasteiger partial charge in [0.1, 0.15) is 29.3 Å². The number of nitrogens with zero attached hydrogens (tertiary/aromatic N) is 3. The quantitative estimate of drug-likeness (QED) is 0.385. The number of nitrogens with one attached hydrogen (secondary N) is 3. The molecule has 3 heterocycles. The zero-order valence-corrected chi connectivity index (χ0v) is 30.1. The van der Waals surface area contributed by atoms with Crippen LogP contribution in [-0.2, 0) is 47.2 Å². The van der Waals surface area contributed by atoms with Crippen molar-refractivity contribution in [2.45, 2.75) is 108 Å². The van der Waals surface area contributed by atoms with Gasteiger partial charge in [-0.15, -0.1) is 0 Å². The minimum Gasteiger partial charge on any atom is -0.444 e. The van der Waals surface area contributed by atoms with Crippen molar-refractivity contribution in [1.29, 1.82) is 0 Å². The normalized spacial score (nSPS) is 27.9. The minimum atomic E-state index is -4.17. The van der Waals surface area contributed by atoms with Crippen LogP contribution in [0.1, 0.15) is 76.8 Å². The van der Waals surface area contributed by atoms with E-state index in [2.05, 4.69) is 15.4 Å². The summed E-state index contributed by atoms with van der Waals surface area (Å²) in [7, 11) is -1.62. The summed E-state index contributed by atoms with van der Waals surface area (Å²) >= 11 is 0. The van der Waals surface area contributed by atoms with E-state index in [1.807, 2.05) is 36.4 Å². The molecular weight excluding hydrogens is 668 g/mol. The van der Waals surface area contributed by atoms with Gasteiger partial charge in [-0.1, -0.05) is 49.3 Å². The van der Waals surface area contributed by atoms with E-state index in [-0.39, 0.29) is 25.8 Å². The molecule has 15 nitrogen and oxygen atoms in total. The standard InChI is InChI=1S/C34H48N6O9S/c1-33(2,3)49-31(44)35-26-16-10-8-6-7-9-15-24-18-34(24,30(43)37-50(46,47)38(4)5)36-28(41)27-17-25(21-40(27)29(26)42)48-32(45)39-19-22-13-11-12-14-23(22)20-39/h9,11-15,24-27H,6-8,10,16-21H2,1-5H3,(H,35,44)(H,36,41)(H,37,43)/b15-9-/t24-,25-,26+,27+,34-/m1/s1. The summed E-state index contributed by atoms with van der Waals surface area (Å²) in [6.07, 6.45) is 4.58. The number of hydrogen-bond acceptors (Lipinski definition) is 9. The van der Waals surface area contributed by atoms with E-state index >= 15 is 0 Å². The molecule has 0 unspecified atom stereocenters. The first kappa shape index (κ1) is 37.1. The summed E-state index contributed by atoms with van der Waals surface area (Å²) in [6, 6.07) is 5.43. The largest absolute Gasteiger partial charge is 0.444 e. The second-order valence-corrected chi connectivity index (χ2v) is 16.5. The maximum Gasteiger partial charge on any atom is 0.410 e. The molecule has 1 saturated carbocycles. The minimum absolute atomic E-state index is 0.0720. The number of rotatable bonds is 5. The van der Waals surface area contributed by atoms with Crippen LogP contribution in [0, 0.1) is 5.92 Å². The first-order chi connectivity index (χ1) is 23.5. The first-order valence-corrected chi connectivity index (χ1v) is 18.5. The number of fused-ring (bicyclic) bond motifs is 3. The molecule has 5 amide bonds. The molecule has 16 heteroatoms. The van der Waals surface area contributed by atoms with Gasteiger partial charge in [-0.3, -0.25) is 19.3 Å². The Hall–Kier alpha value is -4.18. The van der Waals surface area contributed by atoms with Crippen LogP contribution in [0.5, 0.6) is 0 Å². The van der Waals surface area contributed by atoms with Crippen LogP contribution in [0.25, 0.3) is 0 Å². The van der Waals surface area contributed by atoms with Crippen LogP contribution in [-0.4, -0.2) is 102 Å². The summed E-state index contributed by atoms with van der Waals surface area (Å²) in [5, 5.41) is 5.46. The molecule has 3 N–H and O–H groups in total. The summed E-state index contributed by atoms with van der Waals surface area (Å²) < 4.78 is 39.4. The maximum atomic E-state index is 14.3. The Morgan fingerprint density at radius 2 is 1.72 bits per heavy atom. The topological polar surface area (TPSA) is 184 Å². The van der Waals surface area contributed by atoms with Crippen molar-refractivity contribution < 1.29 is 41.9 Å². The van der Waals surface area contributed by atoms with Gasteiger partial charge in [-0.25, -0.2) is 14.3 Å². The average molecular weight is 717 g/mol. The summed E-state index contributed by atoms with van der Waals surface area (Å²) in [5.74, 6) is -2.64. The lowest BCUT2D eigenvalue weighted by molar-refractivity contribution is -0.141. The third-order valence-corrected chi connectivity index (χ3v) is 10.8. The zero-order valence-electron chi connectivity index (χ0n) is 29.3. The lowest BCUT2D eigenvalue weighted by Gasteiger charge is -2.30. The van der Waals surface area contributed by atoms with E-state index in [4.69, 9.17) is 9.47 Å². The van der Waals surface area contributed by atoms with Gasteiger partial charge in [0, 0.05) is 39.5 Å². The van der Waals surface area contributed by atoms with Crippen LogP contribution >= 0.6 is 0 Å². The molecule has 4 aliphatic rings. The summed E-state index contributed by atoms with van der Waals surface area (Å²) in [5.41, 5.74) is -0.390. The van der Waals surface area contributed by atoms with Gasteiger partial charge in [-0.05, 0) is 57.6 Å². The molecule has 1 saturated heterocycles. The Bertz CT molecular complexity index is 1620. The van der Waals surface area contributed by atoms with E-state index in [0.717, 1.165) is 28.3 Å². The van der Waals surface area contributed by atoms with Gasteiger partial charge in [0.2, 0.25) is 11.8 Å². The van der Waals surface area contributed by atoms with Gasteiger partial charge in [-0.2, -0.15) is 12.7 Å². The Kier molecular flexibility index (Phi) is 10.8. The van der Waals surface area contributed by atoms with Gasteiger partial charge in [0.05, 0.1) is 6.54 Å². The molecule has 0 aromatic heterocycles. The summed E-state index contributed by atoms with van der Waals surface area (Å²) in [4.78, 5) is 70.9. The van der Waals surface area contributed by atoms with E-state index in [1.165, 1.54) is 19.0 Å². The van der Waals surface area contributed by atoms with Gasteiger partial charge in [0.25, 0.3) is 5.91 Å². The first-order valence-electron chi connectivity index (χ1n) is 17.0. The van der Waals surface area contributed by atoms with Crippen molar-refractivity contribution in [2.75, 3.05) is 20.6 Å². The molecule has 1 aromatic rings. The molecule has 0 spiro atoms. The van der Waals surface area contributed by atoms with Crippen molar-refractivity contribution in [2.24, 2.45) is 5.92 Å². The zero-order chi connectivity index (χ0) is 36.4. The van der Waals surface area contributed by atoms with Crippen molar-refractivity contribution >= 4 is 40.1 Å². The Balaban J connectivity index is 1.41. The third-order valence-electron chi connectivity index (χ3n) is 9.40. The smallest absolute Gasteiger partial charge is 0.410 e. The van der Waals surface area contributed by atoms with Crippen molar-refractivity contribution in [3.8, 4) is 0 Å². The predicted octanol–water partition coefficient (Wildman–Crippen LogP) is 2.32. The second kappa shape index (κ2) is 14.6. The number of alkyl carbamates (subject to hydrolysis) is 1. The number of allylic oxidation sites excluding steroid dienone is 1. The molecular formula is C34H48N6O9S. The molecule has 1 aromatic carbocycles. The van der Waals surface area contributed by atoms with E-state index in [0.29, 0.717) is 25.9 Å². The number of amides is 5. The Morgan fingerprint density at radius 3 is 2.36 bits per heavy atom. The Morgan fingerprint density at radius 1 is 1.04 bits per heavy atom. The molecule has 5 atom stereocenters.